The molecule has 3 heterocycles. The minimum Gasteiger partial charge on any atom is -0.354 e. The molecule has 1 N–H and O–H groups in total. The third-order valence-corrected chi connectivity index (χ3v) is 2.86. The van der Waals surface area contributed by atoms with Crippen LogP contribution in [0.15, 0.2) is 24.5 Å². The van der Waals surface area contributed by atoms with E-state index in [4.69, 9.17) is 0 Å². The molecule has 5 nitrogen and oxygen atoms in total. The van der Waals surface area contributed by atoms with Crippen molar-refractivity contribution in [3.8, 4) is 0 Å². The molecule has 82 valence electrons. The largest absolute Gasteiger partial charge is 0.354 e. The van der Waals surface area contributed by atoms with E-state index >= 15 is 0 Å². The maximum atomic E-state index is 4.35. The predicted molar refractivity (Wildman–Crippen MR) is 60.2 cm³/mol. The van der Waals surface area contributed by atoms with Crippen molar-refractivity contribution in [1.29, 1.82) is 0 Å². The third-order valence-electron chi connectivity index (χ3n) is 2.86. The van der Waals surface area contributed by atoms with Gasteiger partial charge in [-0.15, -0.1) is 0 Å². The Hall–Kier alpha value is -1.91. The molecule has 0 bridgehead atoms. The van der Waals surface area contributed by atoms with Crippen molar-refractivity contribution in [3.63, 3.8) is 0 Å². The number of hydrogen-bond acceptors (Lipinski definition) is 4. The van der Waals surface area contributed by atoms with Gasteiger partial charge in [0.25, 0.3) is 0 Å². The molecule has 0 aromatic carbocycles. The van der Waals surface area contributed by atoms with Crippen LogP contribution in [0.2, 0.25) is 0 Å². The molecule has 0 amide bonds. The van der Waals surface area contributed by atoms with E-state index in [1.807, 2.05) is 24.0 Å². The van der Waals surface area contributed by atoms with Gasteiger partial charge in [-0.1, -0.05) is 0 Å². The Labute approximate surface area is 93.5 Å². The van der Waals surface area contributed by atoms with Gasteiger partial charge in [-0.25, -0.2) is 4.68 Å². The van der Waals surface area contributed by atoms with Crippen molar-refractivity contribution >= 4 is 5.95 Å². The van der Waals surface area contributed by atoms with Crippen LogP contribution >= 0.6 is 0 Å². The molecule has 1 unspecified atom stereocenters. The molecule has 0 aliphatic carbocycles. The summed E-state index contributed by atoms with van der Waals surface area (Å²) in [5.74, 6) is 2.14. The van der Waals surface area contributed by atoms with E-state index in [0.717, 1.165) is 24.9 Å². The lowest BCUT2D eigenvalue weighted by atomic mass is 9.99. The first-order valence-electron chi connectivity index (χ1n) is 5.38. The zero-order valence-electron chi connectivity index (χ0n) is 9.09. The number of nitrogens with zero attached hydrogens (tertiary/aromatic N) is 4. The molecule has 1 atom stereocenters. The maximum absolute atomic E-state index is 4.35. The Morgan fingerprint density at radius 3 is 3.00 bits per heavy atom. The molecule has 1 aliphatic heterocycles. The first kappa shape index (κ1) is 9.33. The van der Waals surface area contributed by atoms with Crippen molar-refractivity contribution < 1.29 is 0 Å². The molecular weight excluding hydrogens is 202 g/mol. The summed E-state index contributed by atoms with van der Waals surface area (Å²) in [4.78, 5) is 8.34. The number of hydrogen-bond donors (Lipinski definition) is 1. The summed E-state index contributed by atoms with van der Waals surface area (Å²) in [5.41, 5.74) is 1.29. The minimum atomic E-state index is 0.441. The summed E-state index contributed by atoms with van der Waals surface area (Å²) in [6.45, 7) is 3.70. The zero-order valence-corrected chi connectivity index (χ0v) is 9.09. The lowest BCUT2D eigenvalue weighted by Crippen LogP contribution is -2.26. The molecule has 0 saturated carbocycles. The number of nitrogens with one attached hydrogen (secondary N) is 1. The fourth-order valence-electron chi connectivity index (χ4n) is 2.06. The van der Waals surface area contributed by atoms with Gasteiger partial charge < -0.3 is 5.32 Å². The standard InChI is InChI=1S/C11H13N5/c1-8-14-11-13-6-10(7-16(11)15-8)9-2-4-12-5-3-9/h2-5,10H,6-7H2,1H3,(H,13,14,15). The van der Waals surface area contributed by atoms with Crippen LogP contribution in [-0.4, -0.2) is 26.3 Å². The van der Waals surface area contributed by atoms with Crippen LogP contribution < -0.4 is 5.32 Å². The highest BCUT2D eigenvalue weighted by Gasteiger charge is 2.21. The number of pyridine rings is 1. The Balaban J connectivity index is 1.88. The van der Waals surface area contributed by atoms with E-state index in [9.17, 15) is 0 Å². The van der Waals surface area contributed by atoms with Crippen LogP contribution in [0, 0.1) is 6.92 Å². The zero-order chi connectivity index (χ0) is 11.0. The molecule has 5 heteroatoms. The van der Waals surface area contributed by atoms with Crippen molar-refractivity contribution in [2.24, 2.45) is 0 Å². The summed E-state index contributed by atoms with van der Waals surface area (Å²) in [6.07, 6.45) is 3.66. The van der Waals surface area contributed by atoms with E-state index < -0.39 is 0 Å². The number of rotatable bonds is 1. The average Bonchev–Trinajstić information content (AvgIpc) is 2.69. The molecule has 2 aromatic rings. The molecule has 1 aliphatic rings. The number of fused-ring (bicyclic) bond motifs is 1. The first-order valence-corrected chi connectivity index (χ1v) is 5.38. The van der Waals surface area contributed by atoms with Crippen molar-refractivity contribution in [3.05, 3.63) is 35.9 Å². The second kappa shape index (κ2) is 3.59. The predicted octanol–water partition coefficient (Wildman–Crippen LogP) is 1.19. The summed E-state index contributed by atoms with van der Waals surface area (Å²) >= 11 is 0. The van der Waals surface area contributed by atoms with Gasteiger partial charge in [-0.05, 0) is 24.6 Å². The minimum absolute atomic E-state index is 0.441. The molecule has 0 saturated heterocycles. The van der Waals surface area contributed by atoms with Crippen molar-refractivity contribution in [1.82, 2.24) is 19.7 Å². The Bertz CT molecular complexity index is 490. The van der Waals surface area contributed by atoms with Gasteiger partial charge >= 0.3 is 0 Å². The monoisotopic (exact) mass is 215 g/mol. The summed E-state index contributed by atoms with van der Waals surface area (Å²) in [7, 11) is 0. The molecule has 2 aromatic heterocycles. The topological polar surface area (TPSA) is 55.6 Å². The highest BCUT2D eigenvalue weighted by Crippen LogP contribution is 2.23. The number of anilines is 1. The van der Waals surface area contributed by atoms with E-state index in [1.165, 1.54) is 5.56 Å². The van der Waals surface area contributed by atoms with Crippen LogP contribution in [0.25, 0.3) is 0 Å². The van der Waals surface area contributed by atoms with Crippen molar-refractivity contribution in [2.45, 2.75) is 19.4 Å². The van der Waals surface area contributed by atoms with E-state index in [-0.39, 0.29) is 0 Å². The molecule has 0 fully saturated rings. The normalized spacial score (nSPS) is 18.9. The van der Waals surface area contributed by atoms with Gasteiger partial charge in [-0.2, -0.15) is 10.1 Å². The molecule has 16 heavy (non-hydrogen) atoms. The Morgan fingerprint density at radius 1 is 1.38 bits per heavy atom. The van der Waals surface area contributed by atoms with Gasteiger partial charge in [0.15, 0.2) is 0 Å². The molecule has 3 rings (SSSR count). The third kappa shape index (κ3) is 1.54. The maximum Gasteiger partial charge on any atom is 0.221 e. The van der Waals surface area contributed by atoms with E-state index in [1.54, 1.807) is 0 Å². The molecular formula is C11H13N5. The van der Waals surface area contributed by atoms with Crippen LogP contribution in [0.1, 0.15) is 17.3 Å². The van der Waals surface area contributed by atoms with Gasteiger partial charge in [0, 0.05) is 24.9 Å². The molecule has 0 radical (unpaired) electrons. The van der Waals surface area contributed by atoms with Crippen LogP contribution in [-0.2, 0) is 6.54 Å². The quantitative estimate of drug-likeness (QED) is 0.776. The van der Waals surface area contributed by atoms with Crippen molar-refractivity contribution in [2.75, 3.05) is 11.9 Å². The average molecular weight is 215 g/mol. The van der Waals surface area contributed by atoms with Gasteiger partial charge in [-0.3, -0.25) is 4.98 Å². The van der Waals surface area contributed by atoms with Gasteiger partial charge in [0.1, 0.15) is 5.82 Å². The summed E-state index contributed by atoms with van der Waals surface area (Å²) in [5, 5.41) is 7.66. The van der Waals surface area contributed by atoms with Crippen LogP contribution in [0.5, 0.6) is 0 Å². The lowest BCUT2D eigenvalue weighted by molar-refractivity contribution is 0.501. The smallest absolute Gasteiger partial charge is 0.221 e. The van der Waals surface area contributed by atoms with Gasteiger partial charge in [0.2, 0.25) is 5.95 Å². The molecule has 0 spiro atoms. The fraction of sp³-hybridized carbons (Fsp3) is 0.364. The fourth-order valence-corrected chi connectivity index (χ4v) is 2.06. The first-order chi connectivity index (χ1) is 7.83. The Kier molecular flexibility index (Phi) is 2.09. The SMILES string of the molecule is Cc1nc2n(n1)CC(c1ccncc1)CN2. The number of aromatic nitrogens is 4. The lowest BCUT2D eigenvalue weighted by Gasteiger charge is -2.23. The Morgan fingerprint density at radius 2 is 2.19 bits per heavy atom. The number of aryl methyl sites for hydroxylation is 1. The van der Waals surface area contributed by atoms with E-state index in [0.29, 0.717) is 5.92 Å². The second-order valence-corrected chi connectivity index (χ2v) is 4.02. The summed E-state index contributed by atoms with van der Waals surface area (Å²) in [6, 6.07) is 4.11. The van der Waals surface area contributed by atoms with Crippen LogP contribution in [0.3, 0.4) is 0 Å². The summed E-state index contributed by atoms with van der Waals surface area (Å²) < 4.78 is 1.93. The van der Waals surface area contributed by atoms with Crippen LogP contribution in [0.4, 0.5) is 5.95 Å². The van der Waals surface area contributed by atoms with Gasteiger partial charge in [0.05, 0.1) is 6.54 Å². The second-order valence-electron chi connectivity index (χ2n) is 4.02. The highest BCUT2D eigenvalue weighted by molar-refractivity contribution is 5.31. The van der Waals surface area contributed by atoms with E-state index in [2.05, 4.69) is 32.5 Å². The highest BCUT2D eigenvalue weighted by atomic mass is 15.4.